The number of para-hydroxylation sites is 1. The van der Waals surface area contributed by atoms with Gasteiger partial charge in [0.25, 0.3) is 6.71 Å². The van der Waals surface area contributed by atoms with Crippen molar-refractivity contribution in [2.45, 2.75) is 26.2 Å². The number of hydrogen-bond acceptors (Lipinski definition) is 5. The number of aromatic nitrogens is 1. The molecule has 0 N–H and O–H groups in total. The average molecular weight is 1300 g/mol. The van der Waals surface area contributed by atoms with E-state index in [1.165, 1.54) is 48.6 Å². The summed E-state index contributed by atoms with van der Waals surface area (Å²) in [5, 5.41) is 9.04. The lowest BCUT2D eigenvalue weighted by Crippen LogP contribution is -2.60. The molecule has 0 radical (unpaired) electrons. The van der Waals surface area contributed by atoms with E-state index in [4.69, 9.17) is 4.11 Å². The predicted molar refractivity (Wildman–Crippen MR) is 426 cm³/mol. The number of anilines is 9. The molecule has 18 aromatic rings. The van der Waals surface area contributed by atoms with Gasteiger partial charge >= 0.3 is 0 Å². The van der Waals surface area contributed by atoms with Crippen molar-refractivity contribution in [1.82, 2.24) is 4.40 Å². The second-order valence-corrected chi connectivity index (χ2v) is 29.4. The Balaban J connectivity index is 0.890. The zero-order valence-electron chi connectivity index (χ0n) is 59.5. The monoisotopic (exact) mass is 1300 g/mol. The Hall–Kier alpha value is -11.7. The molecule has 14 aromatic carbocycles. The zero-order valence-corrected chi connectivity index (χ0v) is 56.1. The summed E-state index contributed by atoms with van der Waals surface area (Å²) in [6.07, 6.45) is 2.20. The maximum absolute atomic E-state index is 9.39. The molecule has 0 atom stereocenters. The van der Waals surface area contributed by atoms with Gasteiger partial charge in [-0.15, -0.1) is 22.7 Å². The molecule has 0 aliphatic carbocycles. The van der Waals surface area contributed by atoms with Crippen LogP contribution in [0, 0.1) is 0 Å². The molecule has 20 rings (SSSR count). The van der Waals surface area contributed by atoms with Crippen LogP contribution in [0.25, 0.3) is 113 Å². The Morgan fingerprint density at radius 2 is 1.09 bits per heavy atom. The van der Waals surface area contributed by atoms with Crippen LogP contribution in [0.1, 0.15) is 33.2 Å². The highest BCUT2D eigenvalue weighted by Crippen LogP contribution is 2.54. The Morgan fingerprint density at radius 1 is 0.404 bits per heavy atom. The van der Waals surface area contributed by atoms with E-state index in [1.54, 1.807) is 22.7 Å². The lowest BCUT2D eigenvalue weighted by atomic mass is 9.36. The van der Waals surface area contributed by atoms with E-state index in [0.717, 1.165) is 126 Å². The SMILES string of the molecule is [2H]c1c([2H])c([2H])c(-c2ccc3sc4c(c3c2)N(c2ccc(-c3ccc(-c5ccccc5)s3)cc2-c2ccccc2)c2cc3ccccc3c3c2B4c2ccc(N(c4ccc(C(C)(C)C)cc4)c4ccc5ccccc5c4)cc2N3c2cccc(-c3ccc4ccn5c6ccccc6c3c45)c2)c([2H])c1[2H]. The Morgan fingerprint density at radius 3 is 1.91 bits per heavy atom. The van der Waals surface area contributed by atoms with Crippen LogP contribution < -0.4 is 30.4 Å². The molecule has 7 heteroatoms. The standard InChI is InChI=1S/C92H63BN4S2/c1-92(2,3)68-38-41-69(42-39-68)95(71-40-34-59-22-13-14-27-63(59)52-71)72-43-45-78-81(57-72)96(70-30-19-29-65(53-70)73-44-35-62-50-51-94-79-33-18-17-32-75(79)86(73)88(62)94)89-74-31-16-15-28-66(74)56-82-87(89)93(78)91-90(77-54-64(37-47-85(77)99-91)58-20-7-4-8-21-58)97(82)80-46-36-67(55-76(80)60-23-9-5-10-24-60)84-49-48-83(98-84)61-25-11-6-12-26-61/h4-57H,1-3H3/i4D,7D,8D,20D,21D. The van der Waals surface area contributed by atoms with E-state index in [2.05, 4.69) is 331 Å². The molecule has 2 aliphatic rings. The highest BCUT2D eigenvalue weighted by molar-refractivity contribution is 7.33. The van der Waals surface area contributed by atoms with Gasteiger partial charge in [-0.05, 0) is 180 Å². The Bertz CT molecular complexity index is 6550. The first-order chi connectivity index (χ1) is 50.8. The molecule has 466 valence electrons. The molecule has 0 unspecified atom stereocenters. The van der Waals surface area contributed by atoms with Crippen LogP contribution >= 0.6 is 22.7 Å². The summed E-state index contributed by atoms with van der Waals surface area (Å²) in [4.78, 5) is 9.85. The molecule has 0 spiro atoms. The van der Waals surface area contributed by atoms with Gasteiger partial charge in [-0.3, -0.25) is 0 Å². The van der Waals surface area contributed by atoms with Gasteiger partial charge in [-0.25, -0.2) is 0 Å². The summed E-state index contributed by atoms with van der Waals surface area (Å²) < 4.78 is 49.8. The molecule has 2 aliphatic heterocycles. The van der Waals surface area contributed by atoms with Gasteiger partial charge in [0.05, 0.1) is 34.9 Å². The number of rotatable bonds is 10. The molecule has 0 saturated heterocycles. The van der Waals surface area contributed by atoms with Crippen LogP contribution in [0.4, 0.5) is 51.2 Å². The predicted octanol–water partition coefficient (Wildman–Crippen LogP) is 24.5. The Kier molecular flexibility index (Phi) is 11.9. The second-order valence-electron chi connectivity index (χ2n) is 27.2. The number of nitrogens with zero attached hydrogens (tertiary/aromatic N) is 4. The lowest BCUT2D eigenvalue weighted by Gasteiger charge is -2.44. The molecular formula is C92H63BN4S2. The summed E-state index contributed by atoms with van der Waals surface area (Å²) in [7, 11) is 0. The molecular weight excluding hydrogens is 1240 g/mol. The van der Waals surface area contributed by atoms with Crippen molar-refractivity contribution in [2.75, 3.05) is 14.7 Å². The maximum Gasteiger partial charge on any atom is 0.264 e. The zero-order chi connectivity index (χ0) is 70.0. The fraction of sp³-hybridized carbons (Fsp3) is 0.0435. The van der Waals surface area contributed by atoms with Crippen molar-refractivity contribution in [1.29, 1.82) is 0 Å². The van der Waals surface area contributed by atoms with Gasteiger partial charge in [0.15, 0.2) is 0 Å². The van der Waals surface area contributed by atoms with E-state index in [0.29, 0.717) is 5.56 Å². The summed E-state index contributed by atoms with van der Waals surface area (Å²) in [5.41, 5.74) is 22.4. The summed E-state index contributed by atoms with van der Waals surface area (Å²) in [6, 6.07) is 105. The van der Waals surface area contributed by atoms with Gasteiger partial charge in [0.1, 0.15) is 0 Å². The van der Waals surface area contributed by atoms with Crippen LogP contribution in [-0.4, -0.2) is 11.1 Å². The van der Waals surface area contributed by atoms with Crippen LogP contribution in [0.5, 0.6) is 0 Å². The number of hydrogen-bond donors (Lipinski definition) is 0. The molecule has 6 heterocycles. The summed E-state index contributed by atoms with van der Waals surface area (Å²) >= 11 is 3.56. The average Bonchev–Trinajstić information content (AvgIpc) is 1.25. The van der Waals surface area contributed by atoms with Gasteiger partial charge < -0.3 is 19.1 Å². The van der Waals surface area contributed by atoms with Crippen molar-refractivity contribution in [3.05, 3.63) is 333 Å². The van der Waals surface area contributed by atoms with Crippen molar-refractivity contribution in [3.63, 3.8) is 0 Å². The van der Waals surface area contributed by atoms with Crippen LogP contribution in [0.15, 0.2) is 328 Å². The Labute approximate surface area is 590 Å². The van der Waals surface area contributed by atoms with Crippen molar-refractivity contribution in [2.24, 2.45) is 0 Å². The highest BCUT2D eigenvalue weighted by Gasteiger charge is 2.47. The quantitative estimate of drug-likeness (QED) is 0.127. The van der Waals surface area contributed by atoms with Gasteiger partial charge in [0.2, 0.25) is 0 Å². The van der Waals surface area contributed by atoms with E-state index >= 15 is 0 Å². The fourth-order valence-corrected chi connectivity index (χ4v) is 18.2. The first-order valence-corrected chi connectivity index (χ1v) is 35.5. The summed E-state index contributed by atoms with van der Waals surface area (Å²) in [6.45, 7) is 6.47. The molecule has 99 heavy (non-hydrogen) atoms. The molecule has 0 amide bonds. The fourth-order valence-electron chi connectivity index (χ4n) is 15.9. The van der Waals surface area contributed by atoms with Crippen LogP contribution in [-0.2, 0) is 5.41 Å². The summed E-state index contributed by atoms with van der Waals surface area (Å²) in [5.74, 6) is 0. The normalized spacial score (nSPS) is 13.4. The van der Waals surface area contributed by atoms with Crippen molar-refractivity contribution in [3.8, 4) is 54.3 Å². The molecule has 4 aromatic heterocycles. The first-order valence-electron chi connectivity index (χ1n) is 36.3. The lowest BCUT2D eigenvalue weighted by molar-refractivity contribution is 0.590. The maximum atomic E-state index is 9.39. The topological polar surface area (TPSA) is 14.1 Å². The van der Waals surface area contributed by atoms with E-state index in [9.17, 15) is 2.74 Å². The molecule has 0 fully saturated rings. The third-order valence-corrected chi connectivity index (χ3v) is 22.9. The third-order valence-electron chi connectivity index (χ3n) is 20.5. The minimum absolute atomic E-state index is 0.0629. The molecule has 4 nitrogen and oxygen atoms in total. The van der Waals surface area contributed by atoms with Gasteiger partial charge in [0, 0.05) is 92.0 Å². The molecule has 0 saturated carbocycles. The number of thiophene rings is 2. The minimum atomic E-state index is -0.421. The van der Waals surface area contributed by atoms with E-state index in [1.807, 2.05) is 6.07 Å². The van der Waals surface area contributed by atoms with Gasteiger partial charge in [-0.1, -0.05) is 239 Å². The highest BCUT2D eigenvalue weighted by atomic mass is 32.1. The van der Waals surface area contributed by atoms with E-state index in [-0.39, 0.29) is 41.9 Å². The van der Waals surface area contributed by atoms with Crippen molar-refractivity contribution < 1.29 is 6.85 Å². The molecule has 0 bridgehead atoms. The van der Waals surface area contributed by atoms with Crippen LogP contribution in [0.3, 0.4) is 0 Å². The van der Waals surface area contributed by atoms with Crippen molar-refractivity contribution >= 4 is 155 Å². The second kappa shape index (κ2) is 22.4. The number of benzene rings is 14. The van der Waals surface area contributed by atoms with Gasteiger partial charge in [-0.2, -0.15) is 0 Å². The van der Waals surface area contributed by atoms with E-state index < -0.39 is 6.04 Å². The largest absolute Gasteiger partial charge is 0.315 e. The third kappa shape index (κ3) is 9.18. The minimum Gasteiger partial charge on any atom is -0.315 e. The number of fused-ring (bicyclic) bond motifs is 12. The smallest absolute Gasteiger partial charge is 0.264 e. The van der Waals surface area contributed by atoms with Crippen LogP contribution in [0.2, 0.25) is 0 Å². The first kappa shape index (κ1) is 52.5.